The molecule has 0 bridgehead atoms. The molecule has 2 heterocycles. The lowest BCUT2D eigenvalue weighted by Gasteiger charge is -2.36. The fourth-order valence-electron chi connectivity index (χ4n) is 3.56. The van der Waals surface area contributed by atoms with Gasteiger partial charge in [0.1, 0.15) is 11.6 Å². The zero-order valence-corrected chi connectivity index (χ0v) is 19.3. The van der Waals surface area contributed by atoms with Gasteiger partial charge >= 0.3 is 0 Å². The van der Waals surface area contributed by atoms with Crippen molar-refractivity contribution in [1.82, 2.24) is 19.6 Å². The molecule has 1 aromatic heterocycles. The van der Waals surface area contributed by atoms with Crippen molar-refractivity contribution in [2.75, 3.05) is 38.1 Å². The summed E-state index contributed by atoms with van der Waals surface area (Å²) < 4.78 is 18.4. The third kappa shape index (κ3) is 4.56. The van der Waals surface area contributed by atoms with Crippen LogP contribution in [-0.4, -0.2) is 59.5 Å². The number of benzene rings is 1. The second-order valence-electron chi connectivity index (χ2n) is 6.98. The number of aliphatic imine (C=N–C) groups is 1. The Morgan fingerprint density at radius 3 is 2.68 bits per heavy atom. The summed E-state index contributed by atoms with van der Waals surface area (Å²) in [6.07, 6.45) is 1.82. The minimum Gasteiger partial charge on any atom is -0.353 e. The molecule has 1 N–H and O–H groups in total. The van der Waals surface area contributed by atoms with Gasteiger partial charge < -0.3 is 15.1 Å². The van der Waals surface area contributed by atoms with Crippen LogP contribution in [0.3, 0.4) is 0 Å². The molecule has 4 rings (SSSR count). The fourth-order valence-corrected chi connectivity index (χ4v) is 4.36. The Labute approximate surface area is 186 Å². The van der Waals surface area contributed by atoms with Gasteiger partial charge in [-0.1, -0.05) is 25.1 Å². The second-order valence-corrected chi connectivity index (χ2v) is 7.71. The van der Waals surface area contributed by atoms with E-state index in [2.05, 4.69) is 36.4 Å². The van der Waals surface area contributed by atoms with Crippen LogP contribution < -0.4 is 10.2 Å². The molecule has 28 heavy (non-hydrogen) atoms. The summed E-state index contributed by atoms with van der Waals surface area (Å²) in [5.74, 6) is 1.95. The highest BCUT2D eigenvalue weighted by molar-refractivity contribution is 14.0. The number of hydrogen-bond acceptors (Lipinski definition) is 5. The number of nitrogens with one attached hydrogen (secondary N) is 1. The number of aromatic nitrogens is 2. The van der Waals surface area contributed by atoms with Gasteiger partial charge in [0.25, 0.3) is 0 Å². The van der Waals surface area contributed by atoms with Crippen LogP contribution in [0.4, 0.5) is 9.52 Å². The molecule has 2 aromatic rings. The lowest BCUT2D eigenvalue weighted by molar-refractivity contribution is 0.372. The van der Waals surface area contributed by atoms with Crippen LogP contribution in [0.15, 0.2) is 29.3 Å². The van der Waals surface area contributed by atoms with E-state index in [9.17, 15) is 4.39 Å². The molecule has 0 amide bonds. The summed E-state index contributed by atoms with van der Waals surface area (Å²) in [4.78, 5) is 13.6. The lowest BCUT2D eigenvalue weighted by atomic mass is 10.1. The lowest BCUT2D eigenvalue weighted by Crippen LogP contribution is -2.53. The number of aryl methyl sites for hydroxylation is 1. The van der Waals surface area contributed by atoms with Gasteiger partial charge in [0.15, 0.2) is 5.96 Å². The van der Waals surface area contributed by atoms with E-state index in [1.807, 2.05) is 19.2 Å². The largest absolute Gasteiger partial charge is 0.353 e. The first-order chi connectivity index (χ1) is 13.2. The maximum atomic E-state index is 14.0. The molecule has 0 spiro atoms. The summed E-state index contributed by atoms with van der Waals surface area (Å²) in [5.41, 5.74) is 0.804. The Morgan fingerprint density at radius 1 is 1.29 bits per heavy atom. The summed E-state index contributed by atoms with van der Waals surface area (Å²) in [5, 5.41) is 4.53. The average molecular weight is 516 g/mol. The fraction of sp³-hybridized carbons (Fsp3) is 0.526. The first-order valence-electron chi connectivity index (χ1n) is 9.49. The molecule has 9 heteroatoms. The second kappa shape index (κ2) is 9.34. The van der Waals surface area contributed by atoms with Gasteiger partial charge in [0, 0.05) is 63.1 Å². The molecule has 152 valence electrons. The van der Waals surface area contributed by atoms with Gasteiger partial charge in [-0.15, -0.1) is 24.0 Å². The topological polar surface area (TPSA) is 56.7 Å². The monoisotopic (exact) mass is 516 g/mol. The highest BCUT2D eigenvalue weighted by atomic mass is 127. The molecule has 2 atom stereocenters. The van der Waals surface area contributed by atoms with Crippen molar-refractivity contribution < 1.29 is 4.39 Å². The molecule has 6 nitrogen and oxygen atoms in total. The molecule has 0 radical (unpaired) electrons. The Morgan fingerprint density at radius 2 is 2.04 bits per heavy atom. The standard InChI is InChI=1S/C19H25FN6S.HI/c1-3-17-23-19(27-24-17)26-10-8-25(9-11-26)18(21-2)22-16-12-14(16)13-6-4-5-7-15(13)20;/h4-7,14,16H,3,8-12H2,1-2H3,(H,21,22);1H. The van der Waals surface area contributed by atoms with Crippen molar-refractivity contribution in [3.8, 4) is 0 Å². The van der Waals surface area contributed by atoms with E-state index in [1.165, 1.54) is 17.6 Å². The Kier molecular flexibility index (Phi) is 7.08. The number of piperazine rings is 1. The van der Waals surface area contributed by atoms with Gasteiger partial charge in [-0.2, -0.15) is 4.37 Å². The highest BCUT2D eigenvalue weighted by Gasteiger charge is 2.41. The maximum Gasteiger partial charge on any atom is 0.205 e. The van der Waals surface area contributed by atoms with Crippen LogP contribution in [0, 0.1) is 5.82 Å². The highest BCUT2D eigenvalue weighted by Crippen LogP contribution is 2.41. The molecule has 1 saturated heterocycles. The Balaban J connectivity index is 0.00000225. The van der Waals surface area contributed by atoms with Crippen molar-refractivity contribution >= 4 is 46.6 Å². The predicted octanol–water partition coefficient (Wildman–Crippen LogP) is 3.11. The van der Waals surface area contributed by atoms with Gasteiger partial charge in [-0.05, 0) is 18.1 Å². The molecule has 1 aromatic carbocycles. The van der Waals surface area contributed by atoms with E-state index in [4.69, 9.17) is 0 Å². The number of halogens is 2. The van der Waals surface area contributed by atoms with Crippen LogP contribution in [0.1, 0.15) is 30.7 Å². The first-order valence-corrected chi connectivity index (χ1v) is 10.3. The van der Waals surface area contributed by atoms with E-state index >= 15 is 0 Å². The Hall–Kier alpha value is -1.49. The quantitative estimate of drug-likeness (QED) is 0.385. The minimum absolute atomic E-state index is 0. The number of rotatable bonds is 4. The Bertz CT molecular complexity index is 820. The first kappa shape index (κ1) is 21.2. The molecule has 1 aliphatic carbocycles. The van der Waals surface area contributed by atoms with Crippen LogP contribution in [-0.2, 0) is 6.42 Å². The summed E-state index contributed by atoms with van der Waals surface area (Å²) >= 11 is 1.48. The molecule has 1 aliphatic heterocycles. The van der Waals surface area contributed by atoms with E-state index in [1.54, 1.807) is 6.07 Å². The zero-order valence-electron chi connectivity index (χ0n) is 16.1. The van der Waals surface area contributed by atoms with Gasteiger partial charge in [-0.3, -0.25) is 4.99 Å². The number of nitrogens with zero attached hydrogens (tertiary/aromatic N) is 5. The molecule has 2 fully saturated rings. The van der Waals surface area contributed by atoms with Crippen molar-refractivity contribution in [3.05, 3.63) is 41.5 Å². The summed E-state index contributed by atoms with van der Waals surface area (Å²) in [6.45, 7) is 5.66. The van der Waals surface area contributed by atoms with Crippen molar-refractivity contribution in [2.45, 2.75) is 31.7 Å². The van der Waals surface area contributed by atoms with Crippen LogP contribution in [0.2, 0.25) is 0 Å². The van der Waals surface area contributed by atoms with Gasteiger partial charge in [0.05, 0.1) is 0 Å². The third-order valence-electron chi connectivity index (χ3n) is 5.24. The molecular weight excluding hydrogens is 490 g/mol. The molecular formula is C19H26FIN6S. The van der Waals surface area contributed by atoms with Crippen LogP contribution >= 0.6 is 35.5 Å². The van der Waals surface area contributed by atoms with Crippen molar-refractivity contribution in [1.29, 1.82) is 0 Å². The summed E-state index contributed by atoms with van der Waals surface area (Å²) in [6, 6.07) is 7.32. The zero-order chi connectivity index (χ0) is 18.8. The summed E-state index contributed by atoms with van der Waals surface area (Å²) in [7, 11) is 1.81. The predicted molar refractivity (Wildman–Crippen MR) is 123 cm³/mol. The molecule has 2 unspecified atom stereocenters. The molecule has 2 aliphatic rings. The van der Waals surface area contributed by atoms with Gasteiger partial charge in [-0.25, -0.2) is 9.37 Å². The smallest absolute Gasteiger partial charge is 0.205 e. The molecule has 1 saturated carbocycles. The normalized spacial score (nSPS) is 22.0. The van der Waals surface area contributed by atoms with E-state index < -0.39 is 0 Å². The average Bonchev–Trinajstić information content (AvgIpc) is 3.29. The SMILES string of the molecule is CCc1nsc(N2CCN(C(=NC)NC3CC3c3ccccc3F)CC2)n1.I. The van der Waals surface area contributed by atoms with Crippen LogP contribution in [0.5, 0.6) is 0 Å². The van der Waals surface area contributed by atoms with Crippen molar-refractivity contribution in [2.24, 2.45) is 4.99 Å². The maximum absolute atomic E-state index is 14.0. The van der Waals surface area contributed by atoms with Crippen LogP contribution in [0.25, 0.3) is 0 Å². The van der Waals surface area contributed by atoms with E-state index in [0.717, 1.165) is 61.5 Å². The van der Waals surface area contributed by atoms with E-state index in [0.29, 0.717) is 0 Å². The van der Waals surface area contributed by atoms with E-state index in [-0.39, 0.29) is 41.8 Å². The number of hydrogen-bond donors (Lipinski definition) is 1. The van der Waals surface area contributed by atoms with Crippen molar-refractivity contribution in [3.63, 3.8) is 0 Å². The third-order valence-corrected chi connectivity index (χ3v) is 6.06. The minimum atomic E-state index is -0.112. The number of anilines is 1. The number of guanidine groups is 1. The van der Waals surface area contributed by atoms with Gasteiger partial charge in [0.2, 0.25) is 5.13 Å².